The lowest BCUT2D eigenvalue weighted by Crippen LogP contribution is -2.62. The maximum atomic E-state index is 12.0. The molecule has 0 atom stereocenters. The second kappa shape index (κ2) is 5.74. The summed E-state index contributed by atoms with van der Waals surface area (Å²) >= 11 is 1.66. The molecule has 1 aromatic heterocycles. The summed E-state index contributed by atoms with van der Waals surface area (Å²) < 4.78 is 0. The number of carbonyl (C=O) groups is 1. The van der Waals surface area contributed by atoms with E-state index in [9.17, 15) is 4.79 Å². The fourth-order valence-corrected chi connectivity index (χ4v) is 3.89. The Balaban J connectivity index is 1.84. The summed E-state index contributed by atoms with van der Waals surface area (Å²) in [5, 5.41) is 11.7. The number of carbonyl (C=O) groups excluding carboxylic acids is 1. The third-order valence-electron chi connectivity index (χ3n) is 3.53. The summed E-state index contributed by atoms with van der Waals surface area (Å²) in [6, 6.07) is 4.17. The average molecular weight is 295 g/mol. The first-order valence-electron chi connectivity index (χ1n) is 7.12. The van der Waals surface area contributed by atoms with Crippen LogP contribution in [0.2, 0.25) is 0 Å². The molecule has 0 spiro atoms. The van der Waals surface area contributed by atoms with Crippen LogP contribution >= 0.6 is 11.3 Å². The largest absolute Gasteiger partial charge is 0.335 e. The van der Waals surface area contributed by atoms with E-state index in [0.29, 0.717) is 6.54 Å². The Bertz CT molecular complexity index is 438. The van der Waals surface area contributed by atoms with Gasteiger partial charge in [0, 0.05) is 22.0 Å². The number of rotatable bonds is 3. The van der Waals surface area contributed by atoms with Gasteiger partial charge in [0.05, 0.1) is 6.54 Å². The van der Waals surface area contributed by atoms with Gasteiger partial charge in [-0.15, -0.1) is 11.3 Å². The van der Waals surface area contributed by atoms with Gasteiger partial charge in [-0.05, 0) is 52.0 Å². The van der Waals surface area contributed by atoms with Crippen molar-refractivity contribution in [3.63, 3.8) is 0 Å². The molecular formula is C15H25N3OS. The second-order valence-electron chi connectivity index (χ2n) is 6.90. The van der Waals surface area contributed by atoms with Crippen LogP contribution in [0.5, 0.6) is 0 Å². The van der Waals surface area contributed by atoms with Crippen molar-refractivity contribution in [2.45, 2.75) is 64.2 Å². The van der Waals surface area contributed by atoms with E-state index in [1.807, 2.05) is 17.5 Å². The number of amides is 2. The highest BCUT2D eigenvalue weighted by molar-refractivity contribution is 7.09. The predicted octanol–water partition coefficient (Wildman–Crippen LogP) is 2.86. The van der Waals surface area contributed by atoms with Gasteiger partial charge in [-0.3, -0.25) is 0 Å². The Hall–Kier alpha value is -1.07. The molecule has 1 fully saturated rings. The molecule has 1 saturated heterocycles. The Kier molecular flexibility index (Phi) is 4.39. The van der Waals surface area contributed by atoms with E-state index in [-0.39, 0.29) is 23.2 Å². The molecule has 2 amide bonds. The topological polar surface area (TPSA) is 53.2 Å². The van der Waals surface area contributed by atoms with E-state index in [1.54, 1.807) is 11.3 Å². The molecule has 0 aromatic carbocycles. The SMILES string of the molecule is CC1(C)CC(NC(=O)NCc2cccs2)CC(C)(C)N1. The molecule has 1 aliphatic rings. The number of nitrogens with one attached hydrogen (secondary N) is 3. The Morgan fingerprint density at radius 3 is 2.55 bits per heavy atom. The zero-order valence-corrected chi connectivity index (χ0v) is 13.6. The molecule has 0 saturated carbocycles. The van der Waals surface area contributed by atoms with E-state index in [1.165, 1.54) is 4.88 Å². The second-order valence-corrected chi connectivity index (χ2v) is 7.94. The van der Waals surface area contributed by atoms with E-state index < -0.39 is 0 Å². The average Bonchev–Trinajstić information content (AvgIpc) is 2.74. The van der Waals surface area contributed by atoms with Crippen LogP contribution < -0.4 is 16.0 Å². The lowest BCUT2D eigenvalue weighted by atomic mass is 9.80. The molecule has 112 valence electrons. The van der Waals surface area contributed by atoms with Crippen LogP contribution in [0.3, 0.4) is 0 Å². The van der Waals surface area contributed by atoms with E-state index in [0.717, 1.165) is 12.8 Å². The molecule has 5 heteroatoms. The fourth-order valence-electron chi connectivity index (χ4n) is 3.24. The van der Waals surface area contributed by atoms with Gasteiger partial charge in [0.1, 0.15) is 0 Å². The molecule has 2 heterocycles. The van der Waals surface area contributed by atoms with Crippen molar-refractivity contribution < 1.29 is 4.79 Å². The maximum absolute atomic E-state index is 12.0. The van der Waals surface area contributed by atoms with Gasteiger partial charge in [0.15, 0.2) is 0 Å². The van der Waals surface area contributed by atoms with E-state index >= 15 is 0 Å². The smallest absolute Gasteiger partial charge is 0.315 e. The molecule has 20 heavy (non-hydrogen) atoms. The van der Waals surface area contributed by atoms with Crippen LogP contribution in [-0.2, 0) is 6.54 Å². The monoisotopic (exact) mass is 295 g/mol. The van der Waals surface area contributed by atoms with E-state index in [4.69, 9.17) is 0 Å². The third kappa shape index (κ3) is 4.49. The van der Waals surface area contributed by atoms with Crippen molar-refractivity contribution in [2.75, 3.05) is 0 Å². The highest BCUT2D eigenvalue weighted by atomic mass is 32.1. The highest BCUT2D eigenvalue weighted by Gasteiger charge is 2.38. The fraction of sp³-hybridized carbons (Fsp3) is 0.667. The number of urea groups is 1. The molecule has 0 bridgehead atoms. The van der Waals surface area contributed by atoms with Crippen molar-refractivity contribution in [1.82, 2.24) is 16.0 Å². The zero-order valence-electron chi connectivity index (χ0n) is 12.7. The minimum absolute atomic E-state index is 0.0491. The first-order valence-corrected chi connectivity index (χ1v) is 8.00. The van der Waals surface area contributed by atoms with Crippen LogP contribution in [-0.4, -0.2) is 23.2 Å². The molecule has 0 radical (unpaired) electrons. The Labute approximate surface area is 125 Å². The predicted molar refractivity (Wildman–Crippen MR) is 84.0 cm³/mol. The molecule has 3 N–H and O–H groups in total. The summed E-state index contributed by atoms with van der Waals surface area (Å²) in [5.74, 6) is 0. The molecule has 0 unspecified atom stereocenters. The Morgan fingerprint density at radius 1 is 1.35 bits per heavy atom. The van der Waals surface area contributed by atoms with Crippen LogP contribution in [0.15, 0.2) is 17.5 Å². The first-order chi connectivity index (χ1) is 9.26. The summed E-state index contributed by atoms with van der Waals surface area (Å²) in [4.78, 5) is 13.2. The Morgan fingerprint density at radius 2 is 2.00 bits per heavy atom. The van der Waals surface area contributed by atoms with Gasteiger partial charge >= 0.3 is 6.03 Å². The standard InChI is InChI=1S/C15H25N3OS/c1-14(2)8-11(9-15(3,4)18-14)17-13(19)16-10-12-6-5-7-20-12/h5-7,11,18H,8-10H2,1-4H3,(H2,16,17,19). The van der Waals surface area contributed by atoms with Gasteiger partial charge in [-0.2, -0.15) is 0 Å². The lowest BCUT2D eigenvalue weighted by molar-refractivity contribution is 0.147. The number of piperidine rings is 1. The van der Waals surface area contributed by atoms with Crippen LogP contribution in [0.1, 0.15) is 45.4 Å². The van der Waals surface area contributed by atoms with Gasteiger partial charge in [0.25, 0.3) is 0 Å². The normalized spacial score (nSPS) is 21.4. The van der Waals surface area contributed by atoms with Gasteiger partial charge in [-0.25, -0.2) is 4.79 Å². The summed E-state index contributed by atoms with van der Waals surface area (Å²) in [6.07, 6.45) is 1.89. The maximum Gasteiger partial charge on any atom is 0.315 e. The number of hydrogen-bond acceptors (Lipinski definition) is 3. The quantitative estimate of drug-likeness (QED) is 0.803. The van der Waals surface area contributed by atoms with Gasteiger partial charge < -0.3 is 16.0 Å². The number of thiophene rings is 1. The molecule has 4 nitrogen and oxygen atoms in total. The van der Waals surface area contributed by atoms with Gasteiger partial charge in [0.2, 0.25) is 0 Å². The lowest BCUT2D eigenvalue weighted by Gasteiger charge is -2.46. The van der Waals surface area contributed by atoms with Crippen molar-refractivity contribution >= 4 is 17.4 Å². The zero-order chi connectivity index (χ0) is 14.8. The van der Waals surface area contributed by atoms with Crippen LogP contribution in [0.25, 0.3) is 0 Å². The van der Waals surface area contributed by atoms with Crippen molar-refractivity contribution in [2.24, 2.45) is 0 Å². The van der Waals surface area contributed by atoms with Crippen LogP contribution in [0, 0.1) is 0 Å². The van der Waals surface area contributed by atoms with Gasteiger partial charge in [-0.1, -0.05) is 6.07 Å². The molecular weight excluding hydrogens is 270 g/mol. The van der Waals surface area contributed by atoms with Crippen LogP contribution in [0.4, 0.5) is 4.79 Å². The first kappa shape index (κ1) is 15.3. The van der Waals surface area contributed by atoms with E-state index in [2.05, 4.69) is 43.6 Å². The summed E-state index contributed by atoms with van der Waals surface area (Å²) in [5.41, 5.74) is 0.0981. The minimum atomic E-state index is -0.0723. The molecule has 1 aromatic rings. The summed E-state index contributed by atoms with van der Waals surface area (Å²) in [6.45, 7) is 9.35. The van der Waals surface area contributed by atoms with Crippen molar-refractivity contribution in [3.05, 3.63) is 22.4 Å². The molecule has 2 rings (SSSR count). The van der Waals surface area contributed by atoms with Crippen molar-refractivity contribution in [3.8, 4) is 0 Å². The highest BCUT2D eigenvalue weighted by Crippen LogP contribution is 2.28. The van der Waals surface area contributed by atoms with Crippen molar-refractivity contribution in [1.29, 1.82) is 0 Å². The third-order valence-corrected chi connectivity index (χ3v) is 4.41. The summed E-state index contributed by atoms with van der Waals surface area (Å²) in [7, 11) is 0. The molecule has 1 aliphatic heterocycles. The number of hydrogen-bond donors (Lipinski definition) is 3. The minimum Gasteiger partial charge on any atom is -0.335 e. The molecule has 0 aliphatic carbocycles.